The van der Waals surface area contributed by atoms with Gasteiger partial charge in [-0.3, -0.25) is 9.69 Å². The van der Waals surface area contributed by atoms with Crippen LogP contribution in [0.25, 0.3) is 11.5 Å². The van der Waals surface area contributed by atoms with E-state index in [0.29, 0.717) is 42.2 Å². The highest BCUT2D eigenvalue weighted by Gasteiger charge is 2.28. The van der Waals surface area contributed by atoms with Crippen molar-refractivity contribution in [2.24, 2.45) is 0 Å². The SMILES string of the molecule is COC(=O)C1CNCCN1CCNc1ccc(Nc2nccc(Nc3ccnc(-c4cccc(C)n4)n3)n2)cc1. The minimum absolute atomic E-state index is 0.203. The first-order valence-electron chi connectivity index (χ1n) is 13.1. The Morgan fingerprint density at radius 1 is 0.975 bits per heavy atom. The lowest BCUT2D eigenvalue weighted by Crippen LogP contribution is -2.56. The summed E-state index contributed by atoms with van der Waals surface area (Å²) in [5, 5.41) is 13.1. The highest BCUT2D eigenvalue weighted by molar-refractivity contribution is 5.76. The van der Waals surface area contributed by atoms with Gasteiger partial charge in [0.2, 0.25) is 5.95 Å². The number of carbonyl (C=O) groups excluding carboxylic acids is 1. The first kappa shape index (κ1) is 26.9. The molecule has 0 aliphatic carbocycles. The van der Waals surface area contributed by atoms with Crippen LogP contribution in [-0.2, 0) is 9.53 Å². The van der Waals surface area contributed by atoms with Crippen LogP contribution in [0.3, 0.4) is 0 Å². The van der Waals surface area contributed by atoms with Gasteiger partial charge in [0, 0.05) is 62.2 Å². The molecule has 206 valence electrons. The predicted octanol–water partition coefficient (Wildman–Crippen LogP) is 2.98. The van der Waals surface area contributed by atoms with Gasteiger partial charge in [-0.25, -0.2) is 19.9 Å². The number of hydrogen-bond donors (Lipinski definition) is 4. The normalized spacial score (nSPS) is 15.3. The number of aromatic nitrogens is 5. The first-order chi connectivity index (χ1) is 19.6. The average molecular weight is 541 g/mol. The van der Waals surface area contributed by atoms with Crippen molar-refractivity contribution < 1.29 is 9.53 Å². The molecule has 1 atom stereocenters. The summed E-state index contributed by atoms with van der Waals surface area (Å²) in [5.74, 6) is 1.98. The topological polar surface area (TPSA) is 142 Å². The Morgan fingerprint density at radius 3 is 2.55 bits per heavy atom. The van der Waals surface area contributed by atoms with Crippen molar-refractivity contribution in [3.05, 3.63) is 72.7 Å². The standard InChI is InChI=1S/C28H32N10O2/c1-19-4-3-5-22(33-19)26-31-12-10-24(36-26)35-25-11-13-32-28(37-25)34-21-8-6-20(7-9-21)30-15-17-38-16-14-29-18-23(38)27(39)40-2/h3-13,23,29-30H,14-18H2,1-2H3,(H2,31,32,34,35,36,37). The number of aryl methyl sites for hydroxylation is 1. The molecule has 0 amide bonds. The molecule has 1 saturated heterocycles. The van der Waals surface area contributed by atoms with Crippen LogP contribution in [0.4, 0.5) is 29.0 Å². The van der Waals surface area contributed by atoms with Gasteiger partial charge in [-0.2, -0.15) is 4.98 Å². The zero-order valence-electron chi connectivity index (χ0n) is 22.5. The minimum atomic E-state index is -0.251. The Bertz CT molecular complexity index is 1430. The van der Waals surface area contributed by atoms with Crippen LogP contribution in [0.1, 0.15) is 5.69 Å². The first-order valence-corrected chi connectivity index (χ1v) is 13.1. The Balaban J connectivity index is 1.15. The average Bonchev–Trinajstić information content (AvgIpc) is 2.98. The van der Waals surface area contributed by atoms with E-state index in [1.165, 1.54) is 7.11 Å². The number of ether oxygens (including phenoxy) is 1. The molecule has 12 nitrogen and oxygen atoms in total. The van der Waals surface area contributed by atoms with E-state index in [1.54, 1.807) is 24.5 Å². The van der Waals surface area contributed by atoms with E-state index >= 15 is 0 Å². The molecule has 40 heavy (non-hydrogen) atoms. The van der Waals surface area contributed by atoms with Gasteiger partial charge < -0.3 is 26.0 Å². The lowest BCUT2D eigenvalue weighted by molar-refractivity contribution is -0.147. The van der Waals surface area contributed by atoms with Crippen molar-refractivity contribution in [3.63, 3.8) is 0 Å². The van der Waals surface area contributed by atoms with Crippen LogP contribution in [0.2, 0.25) is 0 Å². The molecule has 1 aliphatic rings. The molecule has 0 saturated carbocycles. The van der Waals surface area contributed by atoms with Gasteiger partial charge in [0.25, 0.3) is 0 Å². The molecule has 4 N–H and O–H groups in total. The van der Waals surface area contributed by atoms with E-state index in [-0.39, 0.29) is 12.0 Å². The number of methoxy groups -OCH3 is 1. The van der Waals surface area contributed by atoms with Crippen LogP contribution < -0.4 is 21.3 Å². The molecular formula is C28H32N10O2. The quantitative estimate of drug-likeness (QED) is 0.220. The van der Waals surface area contributed by atoms with E-state index < -0.39 is 0 Å². The number of pyridine rings is 1. The molecule has 1 aromatic carbocycles. The van der Waals surface area contributed by atoms with Gasteiger partial charge >= 0.3 is 5.97 Å². The third-order valence-electron chi connectivity index (χ3n) is 6.38. The van der Waals surface area contributed by atoms with Crippen molar-refractivity contribution >= 4 is 34.9 Å². The second-order valence-corrected chi connectivity index (χ2v) is 9.23. The van der Waals surface area contributed by atoms with Gasteiger partial charge in [0.1, 0.15) is 23.4 Å². The molecule has 12 heteroatoms. The second kappa shape index (κ2) is 12.9. The fourth-order valence-electron chi connectivity index (χ4n) is 4.37. The fourth-order valence-corrected chi connectivity index (χ4v) is 4.37. The number of carbonyl (C=O) groups is 1. The molecule has 4 heterocycles. The van der Waals surface area contributed by atoms with Crippen LogP contribution >= 0.6 is 0 Å². The summed E-state index contributed by atoms with van der Waals surface area (Å²) in [7, 11) is 1.43. The molecule has 1 unspecified atom stereocenters. The molecule has 0 spiro atoms. The van der Waals surface area contributed by atoms with Gasteiger partial charge in [0.05, 0.1) is 7.11 Å². The Morgan fingerprint density at radius 2 is 1.75 bits per heavy atom. The highest BCUT2D eigenvalue weighted by Crippen LogP contribution is 2.20. The van der Waals surface area contributed by atoms with Crippen molar-refractivity contribution in [1.82, 2.24) is 35.1 Å². The lowest BCUT2D eigenvalue weighted by atomic mass is 10.2. The summed E-state index contributed by atoms with van der Waals surface area (Å²) in [5.41, 5.74) is 3.44. The molecular weight excluding hydrogens is 508 g/mol. The number of nitrogens with zero attached hydrogens (tertiary/aromatic N) is 6. The number of esters is 1. The zero-order valence-corrected chi connectivity index (χ0v) is 22.5. The van der Waals surface area contributed by atoms with E-state index in [9.17, 15) is 4.79 Å². The monoisotopic (exact) mass is 540 g/mol. The summed E-state index contributed by atoms with van der Waals surface area (Å²) in [6, 6.07) is 16.9. The number of rotatable bonds is 10. The largest absolute Gasteiger partial charge is 0.468 e. The van der Waals surface area contributed by atoms with Gasteiger partial charge in [-0.05, 0) is 55.5 Å². The van der Waals surface area contributed by atoms with E-state index in [2.05, 4.69) is 51.1 Å². The maximum atomic E-state index is 12.0. The van der Waals surface area contributed by atoms with Crippen molar-refractivity contribution in [3.8, 4) is 11.5 Å². The summed E-state index contributed by atoms with van der Waals surface area (Å²) in [6.45, 7) is 5.66. The summed E-state index contributed by atoms with van der Waals surface area (Å²) in [6.07, 6.45) is 3.36. The van der Waals surface area contributed by atoms with Crippen molar-refractivity contribution in [1.29, 1.82) is 0 Å². The number of piperazine rings is 1. The molecule has 5 rings (SSSR count). The summed E-state index contributed by atoms with van der Waals surface area (Å²) < 4.78 is 4.94. The van der Waals surface area contributed by atoms with E-state index in [0.717, 1.165) is 36.7 Å². The summed E-state index contributed by atoms with van der Waals surface area (Å²) in [4.78, 5) is 36.5. The molecule has 3 aromatic heterocycles. The van der Waals surface area contributed by atoms with Crippen LogP contribution in [-0.4, -0.2) is 81.7 Å². The fraction of sp³-hybridized carbons (Fsp3) is 0.286. The highest BCUT2D eigenvalue weighted by atomic mass is 16.5. The Hall–Kier alpha value is -4.68. The molecule has 1 fully saturated rings. The van der Waals surface area contributed by atoms with Gasteiger partial charge in [0.15, 0.2) is 5.82 Å². The molecule has 0 radical (unpaired) electrons. The third-order valence-corrected chi connectivity index (χ3v) is 6.38. The minimum Gasteiger partial charge on any atom is -0.468 e. The predicted molar refractivity (Wildman–Crippen MR) is 154 cm³/mol. The maximum absolute atomic E-state index is 12.0. The number of hydrogen-bond acceptors (Lipinski definition) is 12. The molecule has 0 bridgehead atoms. The van der Waals surface area contributed by atoms with Crippen LogP contribution in [0, 0.1) is 6.92 Å². The van der Waals surface area contributed by atoms with Crippen molar-refractivity contribution in [2.75, 3.05) is 55.8 Å². The third kappa shape index (κ3) is 7.04. The smallest absolute Gasteiger partial charge is 0.324 e. The number of anilines is 5. The summed E-state index contributed by atoms with van der Waals surface area (Å²) >= 11 is 0. The lowest BCUT2D eigenvalue weighted by Gasteiger charge is -2.34. The Kier molecular flexibility index (Phi) is 8.69. The maximum Gasteiger partial charge on any atom is 0.324 e. The van der Waals surface area contributed by atoms with Crippen LogP contribution in [0.15, 0.2) is 67.0 Å². The van der Waals surface area contributed by atoms with Gasteiger partial charge in [-0.15, -0.1) is 0 Å². The number of nitrogens with one attached hydrogen (secondary N) is 4. The zero-order chi connectivity index (χ0) is 27.7. The number of benzene rings is 1. The van der Waals surface area contributed by atoms with Crippen LogP contribution in [0.5, 0.6) is 0 Å². The molecule has 1 aliphatic heterocycles. The molecule has 4 aromatic rings. The second-order valence-electron chi connectivity index (χ2n) is 9.23. The van der Waals surface area contributed by atoms with Gasteiger partial charge in [-0.1, -0.05) is 6.07 Å². The van der Waals surface area contributed by atoms with E-state index in [1.807, 2.05) is 49.4 Å². The van der Waals surface area contributed by atoms with Crippen molar-refractivity contribution in [2.45, 2.75) is 13.0 Å². The van der Waals surface area contributed by atoms with E-state index in [4.69, 9.17) is 4.74 Å². The Labute approximate surface area is 232 Å².